The summed E-state index contributed by atoms with van der Waals surface area (Å²) in [6, 6.07) is 11.2. The number of fused-ring (bicyclic) bond motifs is 3. The standard InChI is InChI=1S/C21H17ClN2O3/c22-13-5-6-17-15(9-13)20(14-2-1-3-16(14)24-17)21(25)23-10-12-4-7-18-19(8-12)27-11-26-18/h4-9H,1-3,10-11H2,(H,23,25). The number of aryl methyl sites for hydroxylation is 1. The van der Waals surface area contributed by atoms with Crippen LogP contribution in [0.2, 0.25) is 5.02 Å². The average molecular weight is 381 g/mol. The Bertz CT molecular complexity index is 1080. The number of aromatic nitrogens is 1. The molecule has 0 unspecified atom stereocenters. The van der Waals surface area contributed by atoms with Gasteiger partial charge in [-0.1, -0.05) is 17.7 Å². The van der Waals surface area contributed by atoms with Gasteiger partial charge in [0, 0.05) is 22.6 Å². The summed E-state index contributed by atoms with van der Waals surface area (Å²) in [5, 5.41) is 4.46. The highest BCUT2D eigenvalue weighted by atomic mass is 35.5. The van der Waals surface area contributed by atoms with E-state index in [1.54, 1.807) is 0 Å². The molecule has 0 atom stereocenters. The van der Waals surface area contributed by atoms with E-state index in [4.69, 9.17) is 26.1 Å². The van der Waals surface area contributed by atoms with Crippen LogP contribution in [-0.4, -0.2) is 17.7 Å². The zero-order chi connectivity index (χ0) is 18.4. The lowest BCUT2D eigenvalue weighted by Crippen LogP contribution is -2.24. The number of nitrogens with zero attached hydrogens (tertiary/aromatic N) is 1. The fourth-order valence-corrected chi connectivity index (χ4v) is 3.99. The van der Waals surface area contributed by atoms with E-state index in [2.05, 4.69) is 5.32 Å². The number of carbonyl (C=O) groups excluding carboxylic acids is 1. The molecule has 3 aromatic rings. The maximum Gasteiger partial charge on any atom is 0.252 e. The first kappa shape index (κ1) is 16.4. The molecule has 1 aliphatic carbocycles. The van der Waals surface area contributed by atoms with E-state index in [0.29, 0.717) is 22.9 Å². The summed E-state index contributed by atoms with van der Waals surface area (Å²) in [7, 11) is 0. The molecule has 5 rings (SSSR count). The first-order chi connectivity index (χ1) is 13.2. The maximum atomic E-state index is 13.1. The highest BCUT2D eigenvalue weighted by Gasteiger charge is 2.24. The second-order valence-electron chi connectivity index (χ2n) is 6.80. The minimum absolute atomic E-state index is 0.0968. The summed E-state index contributed by atoms with van der Waals surface area (Å²) in [4.78, 5) is 17.8. The number of amides is 1. The lowest BCUT2D eigenvalue weighted by Gasteiger charge is -2.13. The molecule has 1 aliphatic heterocycles. The van der Waals surface area contributed by atoms with Crippen LogP contribution >= 0.6 is 11.6 Å². The fraction of sp³-hybridized carbons (Fsp3) is 0.238. The van der Waals surface area contributed by atoms with E-state index in [9.17, 15) is 4.79 Å². The normalized spacial score (nSPS) is 14.4. The number of benzene rings is 2. The first-order valence-corrected chi connectivity index (χ1v) is 9.34. The fourth-order valence-electron chi connectivity index (χ4n) is 3.82. The van der Waals surface area contributed by atoms with Gasteiger partial charge >= 0.3 is 0 Å². The minimum atomic E-state index is -0.0968. The number of ether oxygens (including phenoxy) is 2. The topological polar surface area (TPSA) is 60.5 Å². The van der Waals surface area contributed by atoms with Gasteiger partial charge in [-0.25, -0.2) is 0 Å². The number of pyridine rings is 1. The van der Waals surface area contributed by atoms with E-state index in [-0.39, 0.29) is 12.7 Å². The molecule has 0 bridgehead atoms. The highest BCUT2D eigenvalue weighted by Crippen LogP contribution is 2.33. The third-order valence-electron chi connectivity index (χ3n) is 5.09. The molecule has 1 N–H and O–H groups in total. The number of halogens is 1. The van der Waals surface area contributed by atoms with Crippen molar-refractivity contribution in [3.63, 3.8) is 0 Å². The van der Waals surface area contributed by atoms with E-state index >= 15 is 0 Å². The van der Waals surface area contributed by atoms with Crippen molar-refractivity contribution >= 4 is 28.4 Å². The minimum Gasteiger partial charge on any atom is -0.454 e. The molecule has 1 amide bonds. The monoisotopic (exact) mass is 380 g/mol. The largest absolute Gasteiger partial charge is 0.454 e. The van der Waals surface area contributed by atoms with Crippen molar-refractivity contribution in [2.24, 2.45) is 0 Å². The molecule has 2 heterocycles. The Morgan fingerprint density at radius 1 is 1.11 bits per heavy atom. The lowest BCUT2D eigenvalue weighted by molar-refractivity contribution is 0.0951. The maximum absolute atomic E-state index is 13.1. The molecule has 6 heteroatoms. The van der Waals surface area contributed by atoms with E-state index < -0.39 is 0 Å². The van der Waals surface area contributed by atoms with Gasteiger partial charge in [0.2, 0.25) is 6.79 Å². The summed E-state index contributed by atoms with van der Waals surface area (Å²) in [6.45, 7) is 0.648. The number of rotatable bonds is 3. The zero-order valence-corrected chi connectivity index (χ0v) is 15.3. The quantitative estimate of drug-likeness (QED) is 0.745. The Hall–Kier alpha value is -2.79. The summed E-state index contributed by atoms with van der Waals surface area (Å²) in [6.07, 6.45) is 2.81. The van der Waals surface area contributed by atoms with Gasteiger partial charge < -0.3 is 14.8 Å². The average Bonchev–Trinajstić information content (AvgIpc) is 3.32. The predicted octanol–water partition coefficient (Wildman–Crippen LogP) is 4.04. The van der Waals surface area contributed by atoms with Crippen LogP contribution in [0.5, 0.6) is 11.5 Å². The molecule has 1 aromatic heterocycles. The van der Waals surface area contributed by atoms with E-state index in [1.165, 1.54) is 0 Å². The van der Waals surface area contributed by atoms with Crippen LogP contribution in [0.3, 0.4) is 0 Å². The summed E-state index contributed by atoms with van der Waals surface area (Å²) < 4.78 is 10.7. The second-order valence-corrected chi connectivity index (χ2v) is 7.23. The molecule has 2 aliphatic rings. The van der Waals surface area contributed by atoms with Gasteiger partial charge in [0.05, 0.1) is 11.1 Å². The van der Waals surface area contributed by atoms with Crippen LogP contribution in [-0.2, 0) is 19.4 Å². The molecular formula is C21H17ClN2O3. The molecule has 0 radical (unpaired) electrons. The SMILES string of the molecule is O=C(NCc1ccc2c(c1)OCO2)c1c2c(nc3ccc(Cl)cc13)CCC2. The van der Waals surface area contributed by atoms with Crippen LogP contribution in [0.25, 0.3) is 10.9 Å². The molecule has 2 aromatic carbocycles. The van der Waals surface area contributed by atoms with Crippen molar-refractivity contribution in [1.29, 1.82) is 0 Å². The number of hydrogen-bond donors (Lipinski definition) is 1. The Labute approximate surface area is 161 Å². The Kier molecular flexibility index (Phi) is 3.90. The van der Waals surface area contributed by atoms with E-state index in [1.807, 2.05) is 36.4 Å². The smallest absolute Gasteiger partial charge is 0.252 e. The second kappa shape index (κ2) is 6.43. The van der Waals surface area contributed by atoms with Crippen LogP contribution in [0.1, 0.15) is 33.6 Å². The summed E-state index contributed by atoms with van der Waals surface area (Å²) >= 11 is 6.19. The van der Waals surface area contributed by atoms with Crippen LogP contribution in [0.4, 0.5) is 0 Å². The van der Waals surface area contributed by atoms with Crippen molar-refractivity contribution in [2.75, 3.05) is 6.79 Å². The molecule has 0 fully saturated rings. The lowest BCUT2D eigenvalue weighted by atomic mass is 10.0. The number of nitrogens with one attached hydrogen (secondary N) is 1. The summed E-state index contributed by atoms with van der Waals surface area (Å²) in [5.74, 6) is 1.35. The highest BCUT2D eigenvalue weighted by molar-refractivity contribution is 6.31. The van der Waals surface area contributed by atoms with Crippen molar-refractivity contribution in [1.82, 2.24) is 10.3 Å². The van der Waals surface area contributed by atoms with Crippen LogP contribution in [0, 0.1) is 0 Å². The third kappa shape index (κ3) is 2.88. The van der Waals surface area contributed by atoms with Crippen LogP contribution < -0.4 is 14.8 Å². The third-order valence-corrected chi connectivity index (χ3v) is 5.33. The Balaban J connectivity index is 1.48. The van der Waals surface area contributed by atoms with Gasteiger partial charge in [-0.3, -0.25) is 9.78 Å². The Morgan fingerprint density at radius 3 is 2.93 bits per heavy atom. The van der Waals surface area contributed by atoms with Crippen molar-refractivity contribution in [3.05, 3.63) is 63.8 Å². The molecule has 5 nitrogen and oxygen atoms in total. The van der Waals surface area contributed by atoms with Crippen molar-refractivity contribution < 1.29 is 14.3 Å². The first-order valence-electron chi connectivity index (χ1n) is 8.97. The van der Waals surface area contributed by atoms with Crippen molar-refractivity contribution in [2.45, 2.75) is 25.8 Å². The molecule has 0 spiro atoms. The summed E-state index contributed by atoms with van der Waals surface area (Å²) in [5.41, 5.74) is 4.55. The number of carbonyl (C=O) groups is 1. The molecular weight excluding hydrogens is 364 g/mol. The van der Waals surface area contributed by atoms with Gasteiger partial charge in [0.15, 0.2) is 11.5 Å². The van der Waals surface area contributed by atoms with E-state index in [0.717, 1.165) is 52.7 Å². The van der Waals surface area contributed by atoms with Crippen LogP contribution in [0.15, 0.2) is 36.4 Å². The number of hydrogen-bond acceptors (Lipinski definition) is 4. The zero-order valence-electron chi connectivity index (χ0n) is 14.5. The van der Waals surface area contributed by atoms with Gasteiger partial charge in [-0.15, -0.1) is 0 Å². The van der Waals surface area contributed by atoms with Gasteiger partial charge in [-0.05, 0) is 60.7 Å². The Morgan fingerprint density at radius 2 is 2.00 bits per heavy atom. The molecule has 0 saturated carbocycles. The van der Waals surface area contributed by atoms with Gasteiger partial charge in [0.25, 0.3) is 5.91 Å². The van der Waals surface area contributed by atoms with Gasteiger partial charge in [0.1, 0.15) is 0 Å². The van der Waals surface area contributed by atoms with Gasteiger partial charge in [-0.2, -0.15) is 0 Å². The molecule has 136 valence electrons. The molecule has 27 heavy (non-hydrogen) atoms. The van der Waals surface area contributed by atoms with Crippen molar-refractivity contribution in [3.8, 4) is 11.5 Å². The molecule has 0 saturated heterocycles. The predicted molar refractivity (Wildman–Crippen MR) is 103 cm³/mol.